The topological polar surface area (TPSA) is 58.4 Å². The highest BCUT2D eigenvalue weighted by Gasteiger charge is 2.35. The maximum atomic E-state index is 13.4. The van der Waals surface area contributed by atoms with Crippen molar-refractivity contribution >= 4 is 16.9 Å². The number of rotatable bonds is 4. The normalized spacial score (nSPS) is 21.1. The molecule has 1 amide bonds. The molecule has 29 heavy (non-hydrogen) atoms. The number of likely N-dealkylation sites (tertiary alicyclic amines) is 1. The van der Waals surface area contributed by atoms with E-state index in [1.54, 1.807) is 18.5 Å². The van der Waals surface area contributed by atoms with E-state index >= 15 is 0 Å². The molecule has 2 atom stereocenters. The van der Waals surface area contributed by atoms with Gasteiger partial charge in [0, 0.05) is 13.1 Å². The number of para-hydroxylation sites is 2. The van der Waals surface area contributed by atoms with Crippen LogP contribution >= 0.6 is 0 Å². The number of imidazole rings is 1. The summed E-state index contributed by atoms with van der Waals surface area (Å²) < 4.78 is 15.2. The van der Waals surface area contributed by atoms with E-state index in [2.05, 4.69) is 4.98 Å². The highest BCUT2D eigenvalue weighted by atomic mass is 19.1. The minimum Gasteiger partial charge on any atom is -0.385 e. The molecular weight excluding hydrogens is 369 g/mol. The van der Waals surface area contributed by atoms with Gasteiger partial charge in [0.15, 0.2) is 0 Å². The number of hydrogen-bond acceptors (Lipinski definition) is 3. The number of nitrogens with zero attached hydrogens (tertiary/aromatic N) is 3. The van der Waals surface area contributed by atoms with E-state index in [1.165, 1.54) is 12.1 Å². The largest absolute Gasteiger partial charge is 0.385 e. The molecule has 152 valence electrons. The summed E-state index contributed by atoms with van der Waals surface area (Å²) in [5.41, 5.74) is 1.50. The first-order valence-electron chi connectivity index (χ1n) is 10.2. The Morgan fingerprint density at radius 3 is 2.69 bits per heavy atom. The Kier molecular flexibility index (Phi) is 5.37. The molecule has 0 saturated carbocycles. The van der Waals surface area contributed by atoms with Crippen molar-refractivity contribution < 1.29 is 14.3 Å². The second kappa shape index (κ2) is 7.95. The van der Waals surface area contributed by atoms with Gasteiger partial charge in [0.2, 0.25) is 5.91 Å². The first-order chi connectivity index (χ1) is 14.0. The van der Waals surface area contributed by atoms with Gasteiger partial charge >= 0.3 is 0 Å². The van der Waals surface area contributed by atoms with Gasteiger partial charge in [0.05, 0.1) is 23.0 Å². The van der Waals surface area contributed by atoms with E-state index in [9.17, 15) is 14.3 Å². The monoisotopic (exact) mass is 395 g/mol. The van der Waals surface area contributed by atoms with Crippen molar-refractivity contribution in [2.24, 2.45) is 0 Å². The average Bonchev–Trinajstić information content (AvgIpc) is 3.04. The number of halogens is 1. The van der Waals surface area contributed by atoms with Crippen molar-refractivity contribution in [2.75, 3.05) is 13.1 Å². The van der Waals surface area contributed by atoms with E-state index in [-0.39, 0.29) is 17.8 Å². The number of hydrogen-bond donors (Lipinski definition) is 1. The molecule has 1 aromatic heterocycles. The van der Waals surface area contributed by atoms with Crippen molar-refractivity contribution in [1.29, 1.82) is 0 Å². The first-order valence-corrected chi connectivity index (χ1v) is 10.2. The molecule has 6 heteroatoms. The van der Waals surface area contributed by atoms with E-state index in [4.69, 9.17) is 0 Å². The minimum absolute atomic E-state index is 0.0546. The molecule has 1 fully saturated rings. The summed E-state index contributed by atoms with van der Waals surface area (Å²) in [6.45, 7) is 3.07. The Labute approximate surface area is 169 Å². The number of fused-ring (bicyclic) bond motifs is 1. The van der Waals surface area contributed by atoms with Gasteiger partial charge in [0.25, 0.3) is 0 Å². The van der Waals surface area contributed by atoms with Crippen LogP contribution in [0.4, 0.5) is 4.39 Å². The molecule has 3 aromatic rings. The Morgan fingerprint density at radius 1 is 1.17 bits per heavy atom. The van der Waals surface area contributed by atoms with Crippen LogP contribution in [0.3, 0.4) is 0 Å². The van der Waals surface area contributed by atoms with Crippen molar-refractivity contribution in [2.45, 2.75) is 44.2 Å². The van der Waals surface area contributed by atoms with Gasteiger partial charge in [-0.05, 0) is 55.5 Å². The highest BCUT2D eigenvalue weighted by Crippen LogP contribution is 2.34. The lowest BCUT2D eigenvalue weighted by Gasteiger charge is -2.29. The summed E-state index contributed by atoms with van der Waals surface area (Å²) in [6.07, 6.45) is 4.08. The molecule has 1 saturated heterocycles. The summed E-state index contributed by atoms with van der Waals surface area (Å²) >= 11 is 0. The molecule has 1 aliphatic heterocycles. The molecule has 2 unspecified atom stereocenters. The maximum Gasteiger partial charge on any atom is 0.245 e. The summed E-state index contributed by atoms with van der Waals surface area (Å²) in [5.74, 6) is -0.264. The number of aliphatic hydroxyl groups is 1. The molecule has 4 rings (SSSR count). The molecular formula is C23H26FN3O2. The van der Waals surface area contributed by atoms with Crippen LogP contribution < -0.4 is 0 Å². The molecule has 0 bridgehead atoms. The molecule has 2 heterocycles. The lowest BCUT2D eigenvalue weighted by Crippen LogP contribution is -2.38. The zero-order valence-corrected chi connectivity index (χ0v) is 16.6. The van der Waals surface area contributed by atoms with Crippen LogP contribution in [0.25, 0.3) is 11.0 Å². The average molecular weight is 395 g/mol. The van der Waals surface area contributed by atoms with Crippen LogP contribution in [-0.4, -0.2) is 38.6 Å². The van der Waals surface area contributed by atoms with Crippen LogP contribution in [0.15, 0.2) is 54.9 Å². The van der Waals surface area contributed by atoms with Gasteiger partial charge in [-0.1, -0.05) is 31.2 Å². The predicted molar refractivity (Wildman–Crippen MR) is 110 cm³/mol. The third kappa shape index (κ3) is 3.77. The fourth-order valence-electron chi connectivity index (χ4n) is 4.32. The minimum atomic E-state index is -1.04. The highest BCUT2D eigenvalue weighted by molar-refractivity contribution is 5.84. The quantitative estimate of drug-likeness (QED) is 0.726. The molecule has 1 aliphatic rings. The van der Waals surface area contributed by atoms with Gasteiger partial charge in [-0.15, -0.1) is 0 Å². The molecule has 0 spiro atoms. The standard InChI is InChI=1S/C23H26FN3O2/c1-2-20(27-16-25-19-6-3-4-7-21(19)27)22(28)26-14-5-12-23(29,13-15-26)17-8-10-18(24)11-9-17/h3-4,6-11,16,20,29H,2,5,12-15H2,1H3. The Balaban J connectivity index is 1.53. The zero-order chi connectivity index (χ0) is 20.4. The Morgan fingerprint density at radius 2 is 1.93 bits per heavy atom. The van der Waals surface area contributed by atoms with Gasteiger partial charge in [0.1, 0.15) is 11.9 Å². The van der Waals surface area contributed by atoms with E-state index in [0.717, 1.165) is 11.0 Å². The van der Waals surface area contributed by atoms with Gasteiger partial charge < -0.3 is 14.6 Å². The lowest BCUT2D eigenvalue weighted by molar-refractivity contribution is -0.135. The van der Waals surface area contributed by atoms with Gasteiger partial charge in [-0.3, -0.25) is 4.79 Å². The van der Waals surface area contributed by atoms with E-state index < -0.39 is 5.60 Å². The van der Waals surface area contributed by atoms with E-state index in [1.807, 2.05) is 40.7 Å². The fraction of sp³-hybridized carbons (Fsp3) is 0.391. The van der Waals surface area contributed by atoms with Crippen LogP contribution in [0.2, 0.25) is 0 Å². The summed E-state index contributed by atoms with van der Waals surface area (Å²) in [4.78, 5) is 19.6. The van der Waals surface area contributed by atoms with Crippen molar-refractivity contribution in [3.8, 4) is 0 Å². The lowest BCUT2D eigenvalue weighted by atomic mass is 9.87. The SMILES string of the molecule is CCC(C(=O)N1CCCC(O)(c2ccc(F)cc2)CC1)n1cnc2ccccc21. The molecule has 0 aliphatic carbocycles. The van der Waals surface area contributed by atoms with Crippen molar-refractivity contribution in [3.63, 3.8) is 0 Å². The summed E-state index contributed by atoms with van der Waals surface area (Å²) in [6, 6.07) is 13.5. The molecule has 5 nitrogen and oxygen atoms in total. The van der Waals surface area contributed by atoms with Gasteiger partial charge in [-0.25, -0.2) is 9.37 Å². The Hall–Kier alpha value is -2.73. The van der Waals surface area contributed by atoms with Gasteiger partial charge in [-0.2, -0.15) is 0 Å². The third-order valence-electron chi connectivity index (χ3n) is 6.00. The fourth-order valence-corrected chi connectivity index (χ4v) is 4.32. The predicted octanol–water partition coefficient (Wildman–Crippen LogP) is 4.03. The molecule has 0 radical (unpaired) electrons. The number of carbonyl (C=O) groups is 1. The number of benzene rings is 2. The van der Waals surface area contributed by atoms with Crippen LogP contribution in [0.5, 0.6) is 0 Å². The second-order valence-corrected chi connectivity index (χ2v) is 7.78. The third-order valence-corrected chi connectivity index (χ3v) is 6.00. The number of amides is 1. The van der Waals surface area contributed by atoms with E-state index in [0.29, 0.717) is 44.3 Å². The summed E-state index contributed by atoms with van der Waals surface area (Å²) in [5, 5.41) is 11.2. The van der Waals surface area contributed by atoms with Crippen LogP contribution in [-0.2, 0) is 10.4 Å². The number of aromatic nitrogens is 2. The Bertz CT molecular complexity index is 1000. The molecule has 2 aromatic carbocycles. The van der Waals surface area contributed by atoms with Crippen LogP contribution in [0, 0.1) is 5.82 Å². The van der Waals surface area contributed by atoms with Crippen molar-refractivity contribution in [1.82, 2.24) is 14.5 Å². The zero-order valence-electron chi connectivity index (χ0n) is 16.6. The van der Waals surface area contributed by atoms with Crippen LogP contribution in [0.1, 0.15) is 44.2 Å². The van der Waals surface area contributed by atoms with Crippen molar-refractivity contribution in [3.05, 3.63) is 66.2 Å². The summed E-state index contributed by atoms with van der Waals surface area (Å²) in [7, 11) is 0. The maximum absolute atomic E-state index is 13.4. The number of carbonyl (C=O) groups excluding carboxylic acids is 1. The first kappa shape index (κ1) is 19.6. The molecule has 1 N–H and O–H groups in total. The smallest absolute Gasteiger partial charge is 0.245 e. The second-order valence-electron chi connectivity index (χ2n) is 7.78.